The van der Waals surface area contributed by atoms with Crippen LogP contribution in [0.25, 0.3) is 0 Å². The van der Waals surface area contributed by atoms with E-state index >= 15 is 0 Å². The number of halogens is 1. The molecule has 0 heterocycles. The fraction of sp³-hybridized carbons (Fsp3) is 0.143. The first kappa shape index (κ1) is 20.4. The largest absolute Gasteiger partial charge is 0.497 e. The molecule has 0 aliphatic heterocycles. The maximum absolute atomic E-state index is 13.0. The Morgan fingerprint density at radius 3 is 1.75 bits per heavy atom. The van der Waals surface area contributed by atoms with Crippen LogP contribution in [0.5, 0.6) is 11.5 Å². The molecule has 7 heteroatoms. The van der Waals surface area contributed by atoms with Crippen LogP contribution in [0.15, 0.2) is 82.2 Å². The molecule has 3 rings (SSSR count). The third-order valence-electron chi connectivity index (χ3n) is 4.28. The molecule has 0 atom stereocenters. The van der Waals surface area contributed by atoms with Crippen molar-refractivity contribution in [1.82, 2.24) is 4.72 Å². The Kier molecular flexibility index (Phi) is 6.39. The molecule has 0 bridgehead atoms. The smallest absolute Gasteiger partial charge is 0.241 e. The number of hydrogen-bond donors (Lipinski definition) is 1. The summed E-state index contributed by atoms with van der Waals surface area (Å²) in [6, 6.07) is 20.6. The van der Waals surface area contributed by atoms with E-state index in [0.29, 0.717) is 16.0 Å². The Morgan fingerprint density at radius 2 is 1.32 bits per heavy atom. The van der Waals surface area contributed by atoms with Gasteiger partial charge < -0.3 is 9.47 Å². The minimum absolute atomic E-state index is 0.189. The van der Waals surface area contributed by atoms with Crippen molar-refractivity contribution in [2.45, 2.75) is 10.9 Å². The molecular formula is C21H20BrNO4S. The van der Waals surface area contributed by atoms with Gasteiger partial charge >= 0.3 is 0 Å². The van der Waals surface area contributed by atoms with E-state index in [0.717, 1.165) is 11.1 Å². The summed E-state index contributed by atoms with van der Waals surface area (Å²) >= 11 is 3.32. The predicted octanol–water partition coefficient (Wildman–Crippen LogP) is 4.53. The van der Waals surface area contributed by atoms with E-state index in [1.807, 2.05) is 24.3 Å². The minimum atomic E-state index is -3.75. The first-order chi connectivity index (χ1) is 13.4. The summed E-state index contributed by atoms with van der Waals surface area (Å²) in [6.45, 7) is 0. The van der Waals surface area contributed by atoms with Crippen molar-refractivity contribution in [2.75, 3.05) is 14.2 Å². The lowest BCUT2D eigenvalue weighted by molar-refractivity contribution is 0.414. The highest BCUT2D eigenvalue weighted by Crippen LogP contribution is 2.28. The molecule has 0 saturated carbocycles. The van der Waals surface area contributed by atoms with Crippen molar-refractivity contribution in [3.8, 4) is 11.5 Å². The Morgan fingerprint density at radius 1 is 0.821 bits per heavy atom. The molecule has 0 spiro atoms. The number of rotatable bonds is 7. The molecule has 0 aliphatic carbocycles. The van der Waals surface area contributed by atoms with Gasteiger partial charge in [-0.25, -0.2) is 8.42 Å². The maximum atomic E-state index is 13.0. The van der Waals surface area contributed by atoms with E-state index in [9.17, 15) is 8.42 Å². The van der Waals surface area contributed by atoms with Gasteiger partial charge in [0.1, 0.15) is 11.5 Å². The number of hydrogen-bond acceptors (Lipinski definition) is 4. The average Bonchev–Trinajstić information content (AvgIpc) is 2.72. The van der Waals surface area contributed by atoms with Gasteiger partial charge in [-0.05, 0) is 53.6 Å². The van der Waals surface area contributed by atoms with Gasteiger partial charge in [0.05, 0.1) is 25.2 Å². The van der Waals surface area contributed by atoms with Gasteiger partial charge in [-0.15, -0.1) is 0 Å². The quantitative estimate of drug-likeness (QED) is 0.560. The van der Waals surface area contributed by atoms with Crippen molar-refractivity contribution >= 4 is 26.0 Å². The van der Waals surface area contributed by atoms with E-state index in [1.54, 1.807) is 62.8 Å². The van der Waals surface area contributed by atoms with Crippen molar-refractivity contribution in [3.05, 3.63) is 88.4 Å². The van der Waals surface area contributed by atoms with Crippen LogP contribution in [0.2, 0.25) is 0 Å². The third kappa shape index (κ3) is 4.73. The Bertz CT molecular complexity index is 987. The van der Waals surface area contributed by atoms with Gasteiger partial charge in [-0.2, -0.15) is 4.72 Å². The van der Waals surface area contributed by atoms with E-state index in [1.165, 1.54) is 0 Å². The van der Waals surface area contributed by atoms with E-state index in [4.69, 9.17) is 9.47 Å². The molecule has 28 heavy (non-hydrogen) atoms. The summed E-state index contributed by atoms with van der Waals surface area (Å²) in [5.41, 5.74) is 1.59. The first-order valence-electron chi connectivity index (χ1n) is 8.49. The zero-order chi connectivity index (χ0) is 20.1. The standard InChI is InChI=1S/C21H20BrNO4S/c1-26-18-10-6-15(7-11-18)21(16-8-12-19(27-2)13-9-16)23-28(24,25)20-5-3-4-17(22)14-20/h3-14,21,23H,1-2H3. The molecule has 0 amide bonds. The second kappa shape index (κ2) is 8.77. The Balaban J connectivity index is 2.01. The van der Waals surface area contributed by atoms with Gasteiger partial charge in [-0.1, -0.05) is 46.3 Å². The van der Waals surface area contributed by atoms with Crippen LogP contribution >= 0.6 is 15.9 Å². The number of ether oxygens (including phenoxy) is 2. The molecule has 0 unspecified atom stereocenters. The summed E-state index contributed by atoms with van der Waals surface area (Å²) in [4.78, 5) is 0.189. The van der Waals surface area contributed by atoms with Crippen LogP contribution in [0.1, 0.15) is 17.2 Å². The molecule has 5 nitrogen and oxygen atoms in total. The maximum Gasteiger partial charge on any atom is 0.241 e. The van der Waals surface area contributed by atoms with Crippen molar-refractivity contribution < 1.29 is 17.9 Å². The fourth-order valence-corrected chi connectivity index (χ4v) is 4.59. The summed E-state index contributed by atoms with van der Waals surface area (Å²) in [5.74, 6) is 1.40. The van der Waals surface area contributed by atoms with Crippen LogP contribution in [0.4, 0.5) is 0 Å². The summed E-state index contributed by atoms with van der Waals surface area (Å²) in [5, 5.41) is 0. The minimum Gasteiger partial charge on any atom is -0.497 e. The van der Waals surface area contributed by atoms with E-state index in [-0.39, 0.29) is 4.90 Å². The van der Waals surface area contributed by atoms with Gasteiger partial charge in [-0.3, -0.25) is 0 Å². The van der Waals surface area contributed by atoms with Gasteiger partial charge in [0, 0.05) is 4.47 Å². The second-order valence-corrected chi connectivity index (χ2v) is 8.69. The highest BCUT2D eigenvalue weighted by atomic mass is 79.9. The SMILES string of the molecule is COc1ccc(C(NS(=O)(=O)c2cccc(Br)c2)c2ccc(OC)cc2)cc1. The zero-order valence-electron chi connectivity index (χ0n) is 15.4. The average molecular weight is 462 g/mol. The topological polar surface area (TPSA) is 64.6 Å². The fourth-order valence-electron chi connectivity index (χ4n) is 2.78. The van der Waals surface area contributed by atoms with E-state index < -0.39 is 16.1 Å². The molecule has 3 aromatic carbocycles. The molecule has 0 radical (unpaired) electrons. The van der Waals surface area contributed by atoms with Crippen LogP contribution in [-0.2, 0) is 10.0 Å². The Labute approximate surface area is 173 Å². The number of nitrogens with one attached hydrogen (secondary N) is 1. The third-order valence-corrected chi connectivity index (χ3v) is 6.19. The normalized spacial score (nSPS) is 11.4. The van der Waals surface area contributed by atoms with Crippen molar-refractivity contribution in [1.29, 1.82) is 0 Å². The lowest BCUT2D eigenvalue weighted by atomic mass is 9.99. The number of methoxy groups -OCH3 is 2. The summed E-state index contributed by atoms with van der Waals surface area (Å²) in [6.07, 6.45) is 0. The second-order valence-electron chi connectivity index (χ2n) is 6.06. The van der Waals surface area contributed by atoms with E-state index in [2.05, 4.69) is 20.7 Å². The molecule has 0 aromatic heterocycles. The summed E-state index contributed by atoms with van der Waals surface area (Å²) < 4.78 is 39.9. The number of benzene rings is 3. The highest BCUT2D eigenvalue weighted by Gasteiger charge is 2.23. The highest BCUT2D eigenvalue weighted by molar-refractivity contribution is 9.10. The molecular weight excluding hydrogens is 442 g/mol. The van der Waals surface area contributed by atoms with Crippen molar-refractivity contribution in [3.63, 3.8) is 0 Å². The van der Waals surface area contributed by atoms with Crippen LogP contribution in [0.3, 0.4) is 0 Å². The van der Waals surface area contributed by atoms with Gasteiger partial charge in [0.25, 0.3) is 0 Å². The molecule has 0 aliphatic rings. The van der Waals surface area contributed by atoms with Crippen LogP contribution in [-0.4, -0.2) is 22.6 Å². The van der Waals surface area contributed by atoms with Gasteiger partial charge in [0.2, 0.25) is 10.0 Å². The summed E-state index contributed by atoms with van der Waals surface area (Å²) in [7, 11) is -0.574. The van der Waals surface area contributed by atoms with Gasteiger partial charge in [0.15, 0.2) is 0 Å². The van der Waals surface area contributed by atoms with Crippen LogP contribution < -0.4 is 14.2 Å². The lowest BCUT2D eigenvalue weighted by Gasteiger charge is -2.20. The van der Waals surface area contributed by atoms with Crippen LogP contribution in [0, 0.1) is 0 Å². The molecule has 1 N–H and O–H groups in total. The Hall–Kier alpha value is -2.35. The number of sulfonamides is 1. The predicted molar refractivity (Wildman–Crippen MR) is 112 cm³/mol. The monoisotopic (exact) mass is 461 g/mol. The first-order valence-corrected chi connectivity index (χ1v) is 10.8. The molecule has 0 saturated heterocycles. The molecule has 3 aromatic rings. The zero-order valence-corrected chi connectivity index (χ0v) is 17.8. The molecule has 0 fully saturated rings. The van der Waals surface area contributed by atoms with Crippen molar-refractivity contribution in [2.24, 2.45) is 0 Å². The molecule has 146 valence electrons. The lowest BCUT2D eigenvalue weighted by Crippen LogP contribution is -2.29.